The standard InChI is InChI=1S/C18H30N4O3.ClH/c1-2-25-17(24)22-10-8-18(13-19,9-11-22)21-16(23)15(20)12-14-6-4-3-5-7-14;/h14-15H,2-12,20H2,1H3,(H,21,23);1H. The van der Waals surface area contributed by atoms with Gasteiger partial charge in [-0.15, -0.1) is 12.4 Å². The Morgan fingerprint density at radius 1 is 1.31 bits per heavy atom. The third kappa shape index (κ3) is 6.03. The van der Waals surface area contributed by atoms with Crippen LogP contribution in [0.1, 0.15) is 58.3 Å². The zero-order valence-electron chi connectivity index (χ0n) is 15.5. The number of halogens is 1. The lowest BCUT2D eigenvalue weighted by molar-refractivity contribution is -0.124. The van der Waals surface area contributed by atoms with Crippen molar-refractivity contribution in [3.63, 3.8) is 0 Å². The summed E-state index contributed by atoms with van der Waals surface area (Å²) >= 11 is 0. The molecule has 0 radical (unpaired) electrons. The van der Waals surface area contributed by atoms with E-state index >= 15 is 0 Å². The van der Waals surface area contributed by atoms with Crippen LogP contribution in [-0.4, -0.2) is 48.2 Å². The van der Waals surface area contributed by atoms with Crippen molar-refractivity contribution in [3.8, 4) is 6.07 Å². The number of hydrogen-bond donors (Lipinski definition) is 2. The van der Waals surface area contributed by atoms with Gasteiger partial charge >= 0.3 is 6.09 Å². The molecule has 1 saturated carbocycles. The minimum Gasteiger partial charge on any atom is -0.450 e. The van der Waals surface area contributed by atoms with Gasteiger partial charge < -0.3 is 20.7 Å². The van der Waals surface area contributed by atoms with Gasteiger partial charge in [-0.05, 0) is 19.3 Å². The van der Waals surface area contributed by atoms with E-state index in [-0.39, 0.29) is 24.4 Å². The zero-order chi connectivity index (χ0) is 18.3. The van der Waals surface area contributed by atoms with Crippen LogP contribution in [0.3, 0.4) is 0 Å². The highest BCUT2D eigenvalue weighted by atomic mass is 35.5. The van der Waals surface area contributed by atoms with Gasteiger partial charge in [-0.2, -0.15) is 5.26 Å². The molecule has 1 saturated heterocycles. The maximum atomic E-state index is 12.5. The number of carbonyl (C=O) groups is 2. The average molecular weight is 387 g/mol. The number of carbonyl (C=O) groups excluding carboxylic acids is 2. The van der Waals surface area contributed by atoms with Gasteiger partial charge in [0.1, 0.15) is 5.54 Å². The first-order valence-electron chi connectivity index (χ1n) is 9.40. The third-order valence-electron chi connectivity index (χ3n) is 5.37. The summed E-state index contributed by atoms with van der Waals surface area (Å²) in [7, 11) is 0. The largest absolute Gasteiger partial charge is 0.450 e. The number of piperidine rings is 1. The van der Waals surface area contributed by atoms with Crippen molar-refractivity contribution in [2.75, 3.05) is 19.7 Å². The van der Waals surface area contributed by atoms with E-state index in [1.165, 1.54) is 19.3 Å². The van der Waals surface area contributed by atoms with Crippen molar-refractivity contribution >= 4 is 24.4 Å². The molecule has 0 aromatic carbocycles. The van der Waals surface area contributed by atoms with Crippen LogP contribution >= 0.6 is 12.4 Å². The van der Waals surface area contributed by atoms with Crippen LogP contribution < -0.4 is 11.1 Å². The molecule has 0 aromatic heterocycles. The molecule has 1 heterocycles. The smallest absolute Gasteiger partial charge is 0.409 e. The molecule has 8 heteroatoms. The molecule has 1 aliphatic carbocycles. The topological polar surface area (TPSA) is 108 Å². The molecule has 2 aliphatic rings. The highest BCUT2D eigenvalue weighted by Crippen LogP contribution is 2.27. The summed E-state index contributed by atoms with van der Waals surface area (Å²) in [6.45, 7) is 2.87. The van der Waals surface area contributed by atoms with Gasteiger partial charge in [0.15, 0.2) is 0 Å². The Hall–Kier alpha value is -1.52. The molecule has 1 aliphatic heterocycles. The number of nitrogens with one attached hydrogen (secondary N) is 1. The van der Waals surface area contributed by atoms with Crippen LogP contribution in [0.5, 0.6) is 0 Å². The van der Waals surface area contributed by atoms with E-state index in [4.69, 9.17) is 10.5 Å². The van der Waals surface area contributed by atoms with Crippen LogP contribution in [0.25, 0.3) is 0 Å². The normalized spacial score (nSPS) is 21.0. The first-order valence-corrected chi connectivity index (χ1v) is 9.40. The molecule has 2 amide bonds. The van der Waals surface area contributed by atoms with Crippen molar-refractivity contribution in [2.24, 2.45) is 11.7 Å². The van der Waals surface area contributed by atoms with Crippen LogP contribution in [0.4, 0.5) is 4.79 Å². The van der Waals surface area contributed by atoms with Gasteiger partial charge in [0, 0.05) is 25.9 Å². The summed E-state index contributed by atoms with van der Waals surface area (Å²) < 4.78 is 4.98. The highest BCUT2D eigenvalue weighted by molar-refractivity contribution is 5.85. The SMILES string of the molecule is CCOC(=O)N1CCC(C#N)(NC(=O)C(N)CC2CCCCC2)CC1.Cl. The highest BCUT2D eigenvalue weighted by Gasteiger charge is 2.39. The van der Waals surface area contributed by atoms with Gasteiger partial charge in [-0.3, -0.25) is 4.79 Å². The molecule has 1 unspecified atom stereocenters. The summed E-state index contributed by atoms with van der Waals surface area (Å²) in [6.07, 6.45) is 7.07. The quantitative estimate of drug-likeness (QED) is 0.753. The van der Waals surface area contributed by atoms with Gasteiger partial charge in [0.2, 0.25) is 5.91 Å². The fourth-order valence-corrected chi connectivity index (χ4v) is 3.77. The second-order valence-electron chi connectivity index (χ2n) is 7.22. The number of nitrogens with two attached hydrogens (primary N) is 1. The van der Waals surface area contributed by atoms with Gasteiger partial charge in [-0.25, -0.2) is 4.79 Å². The predicted molar refractivity (Wildman–Crippen MR) is 101 cm³/mol. The van der Waals surface area contributed by atoms with Gasteiger partial charge in [0.05, 0.1) is 18.7 Å². The predicted octanol–water partition coefficient (Wildman–Crippen LogP) is 2.34. The van der Waals surface area contributed by atoms with Crippen molar-refractivity contribution < 1.29 is 14.3 Å². The molecule has 0 bridgehead atoms. The Bertz CT molecular complexity index is 509. The molecule has 0 spiro atoms. The van der Waals surface area contributed by atoms with Crippen molar-refractivity contribution in [1.29, 1.82) is 5.26 Å². The first kappa shape index (κ1) is 22.5. The summed E-state index contributed by atoms with van der Waals surface area (Å²) in [5.41, 5.74) is 5.15. The van der Waals surface area contributed by atoms with Gasteiger partial charge in [-0.1, -0.05) is 32.1 Å². The molecule has 148 valence electrons. The van der Waals surface area contributed by atoms with Crippen molar-refractivity contribution in [2.45, 2.75) is 69.9 Å². The van der Waals surface area contributed by atoms with Crippen molar-refractivity contribution in [1.82, 2.24) is 10.2 Å². The number of ether oxygens (including phenoxy) is 1. The monoisotopic (exact) mass is 386 g/mol. The number of nitrogens with zero attached hydrogens (tertiary/aromatic N) is 2. The average Bonchev–Trinajstić information content (AvgIpc) is 2.63. The van der Waals surface area contributed by atoms with E-state index in [0.29, 0.717) is 44.9 Å². The van der Waals surface area contributed by atoms with E-state index in [1.807, 2.05) is 0 Å². The summed E-state index contributed by atoms with van der Waals surface area (Å²) in [4.78, 5) is 25.8. The van der Waals surface area contributed by atoms with E-state index in [0.717, 1.165) is 12.8 Å². The maximum Gasteiger partial charge on any atom is 0.409 e. The van der Waals surface area contributed by atoms with E-state index in [9.17, 15) is 14.9 Å². The maximum absolute atomic E-state index is 12.5. The molecule has 7 nitrogen and oxygen atoms in total. The van der Waals surface area contributed by atoms with Crippen LogP contribution in [-0.2, 0) is 9.53 Å². The van der Waals surface area contributed by atoms with Gasteiger partial charge in [0.25, 0.3) is 0 Å². The van der Waals surface area contributed by atoms with E-state index in [1.54, 1.807) is 11.8 Å². The van der Waals surface area contributed by atoms with Crippen LogP contribution in [0.2, 0.25) is 0 Å². The molecule has 2 rings (SSSR count). The Morgan fingerprint density at radius 2 is 1.92 bits per heavy atom. The Morgan fingerprint density at radius 3 is 2.46 bits per heavy atom. The number of rotatable bonds is 5. The van der Waals surface area contributed by atoms with E-state index < -0.39 is 11.6 Å². The fourth-order valence-electron chi connectivity index (χ4n) is 3.77. The number of nitriles is 1. The van der Waals surface area contributed by atoms with E-state index in [2.05, 4.69) is 11.4 Å². The summed E-state index contributed by atoms with van der Waals surface area (Å²) in [6, 6.07) is 1.66. The molecular formula is C18H31ClN4O3. The molecule has 2 fully saturated rings. The van der Waals surface area contributed by atoms with Crippen LogP contribution in [0, 0.1) is 17.2 Å². The number of likely N-dealkylation sites (tertiary alicyclic amines) is 1. The van der Waals surface area contributed by atoms with Crippen LogP contribution in [0.15, 0.2) is 0 Å². The fraction of sp³-hybridized carbons (Fsp3) is 0.833. The minimum atomic E-state index is -0.940. The number of amides is 2. The Labute approximate surface area is 162 Å². The first-order chi connectivity index (χ1) is 12.0. The second-order valence-corrected chi connectivity index (χ2v) is 7.22. The summed E-state index contributed by atoms with van der Waals surface area (Å²) in [5, 5.41) is 12.4. The lowest BCUT2D eigenvalue weighted by Gasteiger charge is -2.37. The molecule has 1 atom stereocenters. The number of hydrogen-bond acceptors (Lipinski definition) is 5. The zero-order valence-corrected chi connectivity index (χ0v) is 16.4. The lowest BCUT2D eigenvalue weighted by atomic mass is 9.84. The molecule has 3 N–H and O–H groups in total. The lowest BCUT2D eigenvalue weighted by Crippen LogP contribution is -2.58. The molecule has 0 aromatic rings. The summed E-state index contributed by atoms with van der Waals surface area (Å²) in [5.74, 6) is 0.259. The van der Waals surface area contributed by atoms with Crippen molar-refractivity contribution in [3.05, 3.63) is 0 Å². The Kier molecular flexibility index (Phi) is 9.17. The Balaban J connectivity index is 0.00000338. The minimum absolute atomic E-state index is 0. The third-order valence-corrected chi connectivity index (χ3v) is 5.37. The second kappa shape index (κ2) is 10.6. The molecular weight excluding hydrogens is 356 g/mol. The molecule has 26 heavy (non-hydrogen) atoms.